The molecule has 0 spiro atoms. The molecule has 6 aromatic rings. The number of benzene rings is 1. The van der Waals surface area contributed by atoms with Crippen molar-refractivity contribution in [1.29, 1.82) is 0 Å². The van der Waals surface area contributed by atoms with Gasteiger partial charge >= 0.3 is 5.92 Å². The first-order valence-corrected chi connectivity index (χ1v) is 48.6. The van der Waals surface area contributed by atoms with Crippen molar-refractivity contribution in [2.75, 3.05) is 108 Å². The summed E-state index contributed by atoms with van der Waals surface area (Å²) in [6.45, 7) is 77.2. The number of aliphatic hydroxyl groups is 2. The SMILES string of the molecule is CC(F)C(=O)N1[C@H](C)CN(c2ccc(C(C)(C)C)cn2)C[C@@H]1C.CC(O)C(=O)N1[C@H](C)CN(c2ccc(C(C)(C)C)cn2)C[C@@H]1C.C[C@@H]1CN(c2ccc(C(C)(C)C)cn2)C[C@H](C)N1C(=O)C(C)(F)F.C[C@@H]1CN(c2ccc(C(C)(C)C)cn2)C[C@H](C)N1C(=O)CC(C)(F)F.C[C@@H]1CN(c2nc(C(C)(C)C)cs2)C[C@H](C)O1.C[C@H]1CN(c2ccc(C(C)(C)C)cc2)C[C@@H](C(C)(C)O)O1. The summed E-state index contributed by atoms with van der Waals surface area (Å²) in [6, 6.07) is 24.4. The third-order valence-corrected chi connectivity index (χ3v) is 26.0. The molecule has 0 bridgehead atoms. The van der Waals surface area contributed by atoms with Gasteiger partial charge in [0.15, 0.2) is 11.3 Å². The Morgan fingerprint density at radius 2 is 0.692 bits per heavy atom. The second-order valence-corrected chi connectivity index (χ2v) is 46.0. The van der Waals surface area contributed by atoms with Crippen molar-refractivity contribution in [1.82, 2.24) is 44.5 Å². The summed E-state index contributed by atoms with van der Waals surface area (Å²) in [5, 5.41) is 23.1. The summed E-state index contributed by atoms with van der Waals surface area (Å²) < 4.78 is 78.2. The number of carbonyl (C=O) groups is 4. The Balaban J connectivity index is 0.000000219. The Hall–Kier alpha value is -8.38. The van der Waals surface area contributed by atoms with Crippen LogP contribution in [0.2, 0.25) is 0 Å². The number of hydrogen-bond acceptors (Lipinski definition) is 20. The first-order chi connectivity index (χ1) is 60.9. The molecule has 744 valence electrons. The van der Waals surface area contributed by atoms with Crippen LogP contribution in [0, 0.1) is 0 Å². The molecule has 133 heavy (non-hydrogen) atoms. The van der Waals surface area contributed by atoms with Gasteiger partial charge in [-0.25, -0.2) is 38.1 Å². The minimum absolute atomic E-state index is 0.0317. The fraction of sp³-hybridized carbons (Fsp3) is 0.683. The van der Waals surface area contributed by atoms with Gasteiger partial charge in [0.05, 0.1) is 36.0 Å². The van der Waals surface area contributed by atoms with Crippen LogP contribution in [0.25, 0.3) is 0 Å². The number of pyridine rings is 4. The number of hydrogen-bond donors (Lipinski definition) is 2. The van der Waals surface area contributed by atoms with Crippen LogP contribution in [0.5, 0.6) is 0 Å². The van der Waals surface area contributed by atoms with Gasteiger partial charge in [-0.1, -0.05) is 161 Å². The minimum atomic E-state index is -3.34. The second-order valence-electron chi connectivity index (χ2n) is 45.2. The van der Waals surface area contributed by atoms with Crippen molar-refractivity contribution in [2.45, 2.75) is 384 Å². The Morgan fingerprint density at radius 3 is 0.962 bits per heavy atom. The number of anilines is 6. The summed E-state index contributed by atoms with van der Waals surface area (Å²) in [4.78, 5) is 91.1. The van der Waals surface area contributed by atoms with E-state index in [1.807, 2.05) is 98.4 Å². The number of rotatable bonds is 12. The van der Waals surface area contributed by atoms with E-state index in [1.54, 1.807) is 39.9 Å². The van der Waals surface area contributed by atoms with Crippen molar-refractivity contribution in [3.63, 3.8) is 0 Å². The Morgan fingerprint density at radius 1 is 0.391 bits per heavy atom. The van der Waals surface area contributed by atoms with Gasteiger partial charge in [-0.2, -0.15) is 8.78 Å². The predicted octanol–water partition coefficient (Wildman–Crippen LogP) is 19.1. The lowest BCUT2D eigenvalue weighted by Crippen LogP contribution is -2.61. The minimum Gasteiger partial charge on any atom is -0.388 e. The molecule has 23 nitrogen and oxygen atoms in total. The molecule has 11 heterocycles. The maximum Gasteiger partial charge on any atom is 0.322 e. The van der Waals surface area contributed by atoms with Crippen LogP contribution in [0.1, 0.15) is 282 Å². The number of nitrogens with zero attached hydrogens (tertiary/aromatic N) is 15. The number of morpholine rings is 2. The molecule has 5 aromatic heterocycles. The van der Waals surface area contributed by atoms with E-state index in [9.17, 15) is 51.3 Å². The molecule has 0 saturated carbocycles. The lowest BCUT2D eigenvalue weighted by molar-refractivity contribution is -0.160. The average molecular weight is 1880 g/mol. The largest absolute Gasteiger partial charge is 0.388 e. The highest BCUT2D eigenvalue weighted by Crippen LogP contribution is 2.37. The maximum atomic E-state index is 13.4. The number of aliphatic hydroxyl groups excluding tert-OH is 1. The summed E-state index contributed by atoms with van der Waals surface area (Å²) in [7, 11) is 0. The van der Waals surface area contributed by atoms with E-state index < -0.39 is 53.9 Å². The molecule has 14 atom stereocenters. The lowest BCUT2D eigenvalue weighted by Gasteiger charge is -2.45. The highest BCUT2D eigenvalue weighted by Gasteiger charge is 2.45. The molecule has 1 aromatic carbocycles. The molecule has 6 saturated heterocycles. The van der Waals surface area contributed by atoms with Crippen molar-refractivity contribution in [3.8, 4) is 0 Å². The smallest absolute Gasteiger partial charge is 0.322 e. The highest BCUT2D eigenvalue weighted by molar-refractivity contribution is 7.13. The van der Waals surface area contributed by atoms with E-state index in [0.717, 1.165) is 85.7 Å². The van der Waals surface area contributed by atoms with Crippen LogP contribution >= 0.6 is 11.3 Å². The third-order valence-electron chi connectivity index (χ3n) is 25.1. The van der Waals surface area contributed by atoms with Gasteiger partial charge in [0.2, 0.25) is 5.91 Å². The van der Waals surface area contributed by atoms with E-state index >= 15 is 0 Å². The summed E-state index contributed by atoms with van der Waals surface area (Å²) in [6.07, 6.45) is 5.03. The number of aromatic nitrogens is 5. The third kappa shape index (κ3) is 31.8. The Kier molecular flexibility index (Phi) is 37.6. The highest BCUT2D eigenvalue weighted by atomic mass is 32.1. The molecule has 2 unspecified atom stereocenters. The van der Waals surface area contributed by atoms with E-state index in [-0.39, 0.29) is 98.9 Å². The first kappa shape index (κ1) is 112. The number of alkyl halides is 5. The van der Waals surface area contributed by atoms with E-state index in [1.165, 1.54) is 46.8 Å². The summed E-state index contributed by atoms with van der Waals surface area (Å²) in [5.41, 5.74) is 8.18. The molecule has 0 aliphatic carbocycles. The molecule has 12 rings (SSSR count). The Bertz CT molecular complexity index is 4500. The zero-order valence-corrected chi connectivity index (χ0v) is 87.8. The molecule has 6 aliphatic rings. The number of thiazole rings is 1. The van der Waals surface area contributed by atoms with Gasteiger partial charge in [-0.05, 0) is 202 Å². The number of carbonyl (C=O) groups excluding carboxylic acids is 4. The van der Waals surface area contributed by atoms with E-state index in [4.69, 9.17) is 14.5 Å². The second kappa shape index (κ2) is 44.8. The monoisotopic (exact) mass is 1880 g/mol. The van der Waals surface area contributed by atoms with Gasteiger partial charge in [0.25, 0.3) is 23.6 Å². The molecular formula is C104H164F5N15O8S. The van der Waals surface area contributed by atoms with Gasteiger partial charge in [0.1, 0.15) is 35.5 Å². The lowest BCUT2D eigenvalue weighted by atomic mass is 9.87. The van der Waals surface area contributed by atoms with E-state index in [2.05, 4.69) is 255 Å². The van der Waals surface area contributed by atoms with Crippen molar-refractivity contribution in [2.24, 2.45) is 0 Å². The van der Waals surface area contributed by atoms with E-state index in [0.29, 0.717) is 58.4 Å². The fourth-order valence-electron chi connectivity index (χ4n) is 17.7. The molecule has 4 amide bonds. The van der Waals surface area contributed by atoms with Crippen LogP contribution < -0.4 is 29.4 Å². The fourth-order valence-corrected chi connectivity index (χ4v) is 18.8. The van der Waals surface area contributed by atoms with Gasteiger partial charge in [-0.15, -0.1) is 11.3 Å². The molecule has 6 aliphatic heterocycles. The van der Waals surface area contributed by atoms with Crippen molar-refractivity contribution >= 4 is 69.1 Å². The number of piperazine rings is 4. The Labute approximate surface area is 798 Å². The molecule has 6 fully saturated rings. The van der Waals surface area contributed by atoms with Crippen LogP contribution in [-0.2, 0) is 61.1 Å². The zero-order valence-electron chi connectivity index (χ0n) is 86.9. The molecule has 29 heteroatoms. The standard InChI is InChI=1S/C19H29F2N3O.C18H27F2N3O.C18H28FN3O.C18H29N3O2.C18H29NO2.C13H22N2OS/c1-13-11-23(16-8-7-15(10-22-16)18(3,4)5)12-14(2)24(13)17(25)9-19(6,20)21;1-12-10-22(11-13(2)23(12)16(24)18(6,19)20)15-8-7-14(9-21-15)17(3,4)5;1-12-10-21(11-13(2)22(12)17(23)14(3)19)16-8-7-15(9-20-16)18(4,5)6;1-12-10-20(11-13(2)21(12)17(23)14(3)22)16-8-7-15(9-19-16)18(4,5)6;1-13-11-19(12-16(21-13)18(5,6)20)15-9-7-14(8-10-15)17(2,3)4;1-9-6-15(7-10(2)16-9)12-14-11(8-17-12)13(3,4)5/h7-8,10,13-14H,9,11-12H2,1-6H3;7-9,12-13H,10-11H2,1-6H3;7-9,12-14H,10-11H2,1-6H3;7-9,12-14,22H,10-11H2,1-6H3;7-10,13,16,20H,11-12H2,1-6H3;8-10H,6-7H2,1-5H3/t13-,14+;12-,13+;2*12-,13+,14?;13-,16-;9-,10+/m....0./s1. The maximum absolute atomic E-state index is 13.4. The van der Waals surface area contributed by atoms with Crippen LogP contribution in [0.15, 0.2) is 103 Å². The predicted molar refractivity (Wildman–Crippen MR) is 533 cm³/mol. The first-order valence-electron chi connectivity index (χ1n) is 47.8. The van der Waals surface area contributed by atoms with Crippen LogP contribution in [0.3, 0.4) is 0 Å². The van der Waals surface area contributed by atoms with Crippen molar-refractivity contribution < 1.29 is 60.8 Å². The molecule has 0 radical (unpaired) electrons. The van der Waals surface area contributed by atoms with Crippen LogP contribution in [-0.4, -0.2) is 259 Å². The van der Waals surface area contributed by atoms with Crippen LogP contribution in [0.4, 0.5) is 56.0 Å². The quantitative estimate of drug-likeness (QED) is 0.109. The number of ether oxygens (including phenoxy) is 2. The number of halogens is 5. The zero-order chi connectivity index (χ0) is 100. The molecular weight excluding hydrogens is 1710 g/mol. The summed E-state index contributed by atoms with van der Waals surface area (Å²) in [5.74, 6) is -4.97. The van der Waals surface area contributed by atoms with Gasteiger partial charge in [0, 0.05) is 175 Å². The summed E-state index contributed by atoms with van der Waals surface area (Å²) >= 11 is 1.75. The van der Waals surface area contributed by atoms with Gasteiger partial charge < -0.3 is 68.7 Å². The number of amides is 4. The van der Waals surface area contributed by atoms with Crippen molar-refractivity contribution in [3.05, 3.63) is 136 Å². The topological polar surface area (TPSA) is 224 Å². The normalized spacial score (nSPS) is 23.7. The molecule has 2 N–H and O–H groups in total. The van der Waals surface area contributed by atoms with Gasteiger partial charge in [-0.3, -0.25) is 19.2 Å². The average Bonchev–Trinajstić information content (AvgIpc) is 1.11.